The maximum Gasteiger partial charge on any atom is 0.424 e. The molecule has 0 bridgehead atoms. The van der Waals surface area contributed by atoms with Crippen LogP contribution in [0.3, 0.4) is 0 Å². The average Bonchev–Trinajstić information content (AvgIpc) is 3.00. The highest BCUT2D eigenvalue weighted by atomic mass is 16.6. The Bertz CT molecular complexity index is 978. The van der Waals surface area contributed by atoms with E-state index < -0.39 is 4.92 Å². The number of fused-ring (bicyclic) bond motifs is 3. The van der Waals surface area contributed by atoms with Gasteiger partial charge in [-0.3, -0.25) is 10.1 Å². The third-order valence-corrected chi connectivity index (χ3v) is 4.31. The molecular weight excluding hydrogens is 304 g/mol. The molecule has 0 atom stereocenters. The molecule has 116 valence electrons. The molecule has 0 saturated carbocycles. The van der Waals surface area contributed by atoms with Crippen molar-refractivity contribution in [2.24, 2.45) is 0 Å². The topological polar surface area (TPSA) is 64.1 Å². The van der Waals surface area contributed by atoms with Gasteiger partial charge in [0.15, 0.2) is 6.20 Å². The molecule has 0 spiro atoms. The summed E-state index contributed by atoms with van der Waals surface area (Å²) in [5.41, 5.74) is 4.75. The van der Waals surface area contributed by atoms with Gasteiger partial charge in [-0.05, 0) is 29.3 Å². The van der Waals surface area contributed by atoms with Gasteiger partial charge in [0.1, 0.15) is 0 Å². The highest BCUT2D eigenvalue weighted by Gasteiger charge is 2.31. The standard InChI is InChI=1S/C19H13N2O3/c22-19(13-7-9-15(10-8-13)21(23)24)20-11-3-6-17-16-5-2-1-4-14(16)12-18(17)20/h1-11H,12H2/q+1. The molecule has 0 radical (unpaired) electrons. The van der Waals surface area contributed by atoms with Crippen LogP contribution in [0.1, 0.15) is 21.6 Å². The van der Waals surface area contributed by atoms with E-state index >= 15 is 0 Å². The minimum atomic E-state index is -0.474. The normalized spacial score (nSPS) is 11.7. The predicted octanol–water partition coefficient (Wildman–Crippen LogP) is 3.14. The molecule has 1 aliphatic carbocycles. The van der Waals surface area contributed by atoms with Crippen LogP contribution in [0.15, 0.2) is 66.9 Å². The number of nitro groups is 1. The summed E-state index contributed by atoms with van der Waals surface area (Å²) in [5, 5.41) is 10.7. The van der Waals surface area contributed by atoms with Crippen LogP contribution in [-0.2, 0) is 6.42 Å². The van der Waals surface area contributed by atoms with Gasteiger partial charge in [-0.15, -0.1) is 4.57 Å². The van der Waals surface area contributed by atoms with E-state index in [1.165, 1.54) is 29.8 Å². The van der Waals surface area contributed by atoms with E-state index in [4.69, 9.17) is 0 Å². The Hall–Kier alpha value is -3.34. The lowest BCUT2D eigenvalue weighted by Crippen LogP contribution is -2.46. The number of hydrogen-bond acceptors (Lipinski definition) is 3. The fourth-order valence-electron chi connectivity index (χ4n) is 3.14. The quantitative estimate of drug-likeness (QED) is 0.324. The molecule has 4 rings (SSSR count). The maximum atomic E-state index is 12.8. The molecule has 0 unspecified atom stereocenters. The summed E-state index contributed by atoms with van der Waals surface area (Å²) in [6, 6.07) is 17.7. The van der Waals surface area contributed by atoms with Crippen molar-refractivity contribution >= 4 is 11.6 Å². The zero-order chi connectivity index (χ0) is 16.7. The van der Waals surface area contributed by atoms with E-state index in [0.29, 0.717) is 12.0 Å². The first-order valence-electron chi connectivity index (χ1n) is 7.56. The van der Waals surface area contributed by atoms with Gasteiger partial charge >= 0.3 is 5.91 Å². The van der Waals surface area contributed by atoms with Crippen LogP contribution in [0.4, 0.5) is 5.69 Å². The monoisotopic (exact) mass is 317 g/mol. The number of carbonyl (C=O) groups excluding carboxylic acids is 1. The van der Waals surface area contributed by atoms with Crippen molar-refractivity contribution < 1.29 is 14.3 Å². The third-order valence-electron chi connectivity index (χ3n) is 4.31. The van der Waals surface area contributed by atoms with Crippen molar-refractivity contribution in [3.05, 3.63) is 93.8 Å². The summed E-state index contributed by atoms with van der Waals surface area (Å²) in [4.78, 5) is 23.1. The number of hydrogen-bond donors (Lipinski definition) is 0. The second-order valence-electron chi connectivity index (χ2n) is 5.68. The molecule has 3 aromatic rings. The minimum Gasteiger partial charge on any atom is -0.258 e. The van der Waals surface area contributed by atoms with Crippen molar-refractivity contribution in [3.63, 3.8) is 0 Å². The lowest BCUT2D eigenvalue weighted by Gasteiger charge is -2.01. The van der Waals surface area contributed by atoms with Crippen LogP contribution in [0, 0.1) is 10.1 Å². The molecule has 1 aliphatic rings. The van der Waals surface area contributed by atoms with Crippen LogP contribution in [-0.4, -0.2) is 10.8 Å². The van der Waals surface area contributed by atoms with Gasteiger partial charge in [0.25, 0.3) is 5.69 Å². The number of carbonyl (C=O) groups is 1. The Balaban J connectivity index is 1.76. The van der Waals surface area contributed by atoms with Crippen molar-refractivity contribution in [2.45, 2.75) is 6.42 Å². The average molecular weight is 317 g/mol. The number of nitrogens with zero attached hydrogens (tertiary/aromatic N) is 2. The summed E-state index contributed by atoms with van der Waals surface area (Å²) < 4.78 is 1.64. The summed E-state index contributed by atoms with van der Waals surface area (Å²) in [6.45, 7) is 0. The fraction of sp³-hybridized carbons (Fsp3) is 0.0526. The highest BCUT2D eigenvalue weighted by molar-refractivity contribution is 5.88. The van der Waals surface area contributed by atoms with Gasteiger partial charge in [0.05, 0.1) is 22.5 Å². The molecule has 5 heteroatoms. The zero-order valence-electron chi connectivity index (χ0n) is 12.7. The van der Waals surface area contributed by atoms with Crippen LogP contribution in [0.2, 0.25) is 0 Å². The number of nitro benzene ring substituents is 1. The molecule has 0 amide bonds. The van der Waals surface area contributed by atoms with Crippen molar-refractivity contribution in [1.82, 2.24) is 0 Å². The highest BCUT2D eigenvalue weighted by Crippen LogP contribution is 2.34. The van der Waals surface area contributed by atoms with Gasteiger partial charge < -0.3 is 0 Å². The van der Waals surface area contributed by atoms with Crippen LogP contribution < -0.4 is 4.57 Å². The fourth-order valence-corrected chi connectivity index (χ4v) is 3.14. The van der Waals surface area contributed by atoms with E-state index in [1.807, 2.05) is 24.3 Å². The van der Waals surface area contributed by atoms with E-state index in [1.54, 1.807) is 10.8 Å². The molecule has 0 saturated heterocycles. The smallest absolute Gasteiger partial charge is 0.258 e. The second kappa shape index (κ2) is 5.38. The number of rotatable bonds is 2. The first kappa shape index (κ1) is 14.3. The Morgan fingerprint density at radius 3 is 2.42 bits per heavy atom. The molecule has 1 heterocycles. The van der Waals surface area contributed by atoms with Crippen molar-refractivity contribution in [3.8, 4) is 11.1 Å². The molecule has 24 heavy (non-hydrogen) atoms. The summed E-state index contributed by atoms with van der Waals surface area (Å²) >= 11 is 0. The Kier molecular flexibility index (Phi) is 3.20. The third kappa shape index (κ3) is 2.18. The largest absolute Gasteiger partial charge is 0.424 e. The van der Waals surface area contributed by atoms with Crippen LogP contribution >= 0.6 is 0 Å². The van der Waals surface area contributed by atoms with E-state index in [0.717, 1.165) is 16.8 Å². The summed E-state index contributed by atoms with van der Waals surface area (Å²) in [7, 11) is 0. The number of non-ortho nitro benzene ring substituents is 1. The lowest BCUT2D eigenvalue weighted by atomic mass is 10.1. The van der Waals surface area contributed by atoms with E-state index in [2.05, 4.69) is 12.1 Å². The van der Waals surface area contributed by atoms with Crippen LogP contribution in [0.25, 0.3) is 11.1 Å². The Morgan fingerprint density at radius 1 is 0.958 bits per heavy atom. The van der Waals surface area contributed by atoms with Gasteiger partial charge in [-0.1, -0.05) is 24.3 Å². The molecule has 0 N–H and O–H groups in total. The second-order valence-corrected chi connectivity index (χ2v) is 5.68. The first-order valence-corrected chi connectivity index (χ1v) is 7.56. The van der Waals surface area contributed by atoms with Gasteiger partial charge in [-0.2, -0.15) is 0 Å². The molecule has 1 aromatic heterocycles. The first-order chi connectivity index (χ1) is 11.6. The number of pyridine rings is 1. The van der Waals surface area contributed by atoms with Gasteiger partial charge in [0.2, 0.25) is 5.69 Å². The summed E-state index contributed by atoms with van der Waals surface area (Å²) in [6.07, 6.45) is 2.44. The SMILES string of the molecule is O=C(c1ccc([N+](=O)[O-])cc1)[n+]1cccc2c1Cc1ccccc1-2. The molecule has 5 nitrogen and oxygen atoms in total. The van der Waals surface area contributed by atoms with E-state index in [-0.39, 0.29) is 11.6 Å². The minimum absolute atomic E-state index is 0.0257. The van der Waals surface area contributed by atoms with Crippen LogP contribution in [0.5, 0.6) is 0 Å². The molecular formula is C19H13N2O3+. The zero-order valence-corrected chi connectivity index (χ0v) is 12.7. The Labute approximate surface area is 138 Å². The Morgan fingerprint density at radius 2 is 1.67 bits per heavy atom. The lowest BCUT2D eigenvalue weighted by molar-refractivity contribution is -0.578. The van der Waals surface area contributed by atoms with Crippen molar-refractivity contribution in [1.29, 1.82) is 0 Å². The van der Waals surface area contributed by atoms with Gasteiger partial charge in [0, 0.05) is 18.2 Å². The predicted molar refractivity (Wildman–Crippen MR) is 87.7 cm³/mol. The number of aromatic nitrogens is 1. The van der Waals surface area contributed by atoms with Crippen molar-refractivity contribution in [2.75, 3.05) is 0 Å². The summed E-state index contributed by atoms with van der Waals surface area (Å²) in [5.74, 6) is -0.186. The maximum absolute atomic E-state index is 12.8. The van der Waals surface area contributed by atoms with E-state index in [9.17, 15) is 14.9 Å². The van der Waals surface area contributed by atoms with Gasteiger partial charge in [-0.25, -0.2) is 4.79 Å². The molecule has 2 aromatic carbocycles. The molecule has 0 aliphatic heterocycles. The number of benzene rings is 2. The molecule has 0 fully saturated rings.